The summed E-state index contributed by atoms with van der Waals surface area (Å²) in [6, 6.07) is 17.6. The Labute approximate surface area is 176 Å². The molecule has 156 valence electrons. The molecule has 5 heteroatoms. The third-order valence-electron chi connectivity index (χ3n) is 7.07. The first-order valence-corrected chi connectivity index (χ1v) is 10.8. The fourth-order valence-corrected chi connectivity index (χ4v) is 6.31. The molecule has 0 aromatic heterocycles. The van der Waals surface area contributed by atoms with E-state index in [9.17, 15) is 14.7 Å². The number of amides is 1. The van der Waals surface area contributed by atoms with Crippen molar-refractivity contribution in [3.8, 4) is 11.1 Å². The van der Waals surface area contributed by atoms with Crippen molar-refractivity contribution in [3.63, 3.8) is 0 Å². The molecular weight excluding hydrogens is 378 g/mol. The van der Waals surface area contributed by atoms with Gasteiger partial charge >= 0.3 is 5.97 Å². The lowest BCUT2D eigenvalue weighted by Crippen LogP contribution is -2.58. The largest absolute Gasteiger partial charge is 0.455 e. The van der Waals surface area contributed by atoms with Crippen molar-refractivity contribution in [2.45, 2.75) is 44.1 Å². The number of carbonyl (C=O) groups is 2. The summed E-state index contributed by atoms with van der Waals surface area (Å²) in [5, 5.41) is 13.6. The molecule has 0 aliphatic heterocycles. The average Bonchev–Trinajstić information content (AvgIpc) is 2.71. The Morgan fingerprint density at radius 2 is 1.57 bits per heavy atom. The van der Waals surface area contributed by atoms with Crippen LogP contribution in [0.3, 0.4) is 0 Å². The number of ether oxygens (including phenoxy) is 1. The summed E-state index contributed by atoms with van der Waals surface area (Å²) in [6.45, 7) is -0.297. The SMILES string of the molecule is O=C(COC(=O)C12CC3CC(CC(O)(C3)C1)C2)Nc1ccc(-c2ccccc2)cc1. The Balaban J connectivity index is 1.17. The van der Waals surface area contributed by atoms with Gasteiger partial charge in [0.25, 0.3) is 5.91 Å². The summed E-state index contributed by atoms with van der Waals surface area (Å²) in [4.78, 5) is 25.2. The van der Waals surface area contributed by atoms with Gasteiger partial charge in [0.05, 0.1) is 11.0 Å². The molecule has 1 amide bonds. The zero-order valence-electron chi connectivity index (χ0n) is 17.0. The first kappa shape index (κ1) is 19.3. The highest BCUT2D eigenvalue weighted by atomic mass is 16.5. The van der Waals surface area contributed by atoms with Crippen molar-refractivity contribution in [2.75, 3.05) is 11.9 Å². The molecule has 5 nitrogen and oxygen atoms in total. The number of aliphatic hydroxyl groups is 1. The number of hydrogen-bond acceptors (Lipinski definition) is 4. The zero-order valence-corrected chi connectivity index (χ0v) is 17.0. The molecule has 4 aliphatic rings. The van der Waals surface area contributed by atoms with E-state index in [1.165, 1.54) is 0 Å². The van der Waals surface area contributed by atoms with Crippen LogP contribution in [-0.4, -0.2) is 29.2 Å². The number of anilines is 1. The summed E-state index contributed by atoms with van der Waals surface area (Å²) in [5.74, 6) is 0.144. The van der Waals surface area contributed by atoms with E-state index in [1.807, 2.05) is 54.6 Å². The second-order valence-corrected chi connectivity index (χ2v) is 9.53. The third-order valence-corrected chi connectivity index (χ3v) is 7.07. The van der Waals surface area contributed by atoms with Crippen molar-refractivity contribution in [1.82, 2.24) is 0 Å². The monoisotopic (exact) mass is 405 g/mol. The molecule has 2 unspecified atom stereocenters. The van der Waals surface area contributed by atoms with Gasteiger partial charge in [-0.3, -0.25) is 9.59 Å². The lowest BCUT2D eigenvalue weighted by molar-refractivity contribution is -0.196. The van der Waals surface area contributed by atoms with E-state index in [-0.39, 0.29) is 18.5 Å². The van der Waals surface area contributed by atoms with Crippen molar-refractivity contribution in [3.05, 3.63) is 54.6 Å². The van der Waals surface area contributed by atoms with Crippen LogP contribution < -0.4 is 5.32 Å². The molecule has 0 heterocycles. The van der Waals surface area contributed by atoms with Crippen molar-refractivity contribution in [2.24, 2.45) is 17.3 Å². The predicted molar refractivity (Wildman–Crippen MR) is 114 cm³/mol. The lowest BCUT2D eigenvalue weighted by atomic mass is 9.48. The maximum atomic E-state index is 12.9. The van der Waals surface area contributed by atoms with Gasteiger partial charge in [0.15, 0.2) is 6.61 Å². The standard InChI is InChI=1S/C25H27NO4/c27-22(26-21-8-6-20(7-9-21)19-4-2-1-3-5-19)15-30-23(28)24-11-17-10-18(12-24)14-25(29,13-17)16-24/h1-9,17-18,29H,10-16H2,(H,26,27). The molecule has 2 N–H and O–H groups in total. The van der Waals surface area contributed by atoms with E-state index < -0.39 is 11.0 Å². The molecule has 0 saturated heterocycles. The maximum absolute atomic E-state index is 12.9. The van der Waals surface area contributed by atoms with Crippen LogP contribution >= 0.6 is 0 Å². The Hall–Kier alpha value is -2.66. The first-order chi connectivity index (χ1) is 14.4. The molecule has 2 atom stereocenters. The smallest absolute Gasteiger partial charge is 0.312 e. The highest BCUT2D eigenvalue weighted by Crippen LogP contribution is 2.61. The highest BCUT2D eigenvalue weighted by molar-refractivity contribution is 5.93. The second kappa shape index (κ2) is 7.24. The lowest BCUT2D eigenvalue weighted by Gasteiger charge is -2.58. The van der Waals surface area contributed by atoms with Gasteiger partial charge in [-0.05, 0) is 73.6 Å². The number of esters is 1. The van der Waals surface area contributed by atoms with E-state index in [0.717, 1.165) is 43.2 Å². The molecule has 4 aliphatic carbocycles. The van der Waals surface area contributed by atoms with Crippen LogP contribution in [0.5, 0.6) is 0 Å². The summed E-state index contributed by atoms with van der Waals surface area (Å²) < 4.78 is 5.44. The van der Waals surface area contributed by atoms with E-state index in [1.54, 1.807) is 0 Å². The fraction of sp³-hybridized carbons (Fsp3) is 0.440. The van der Waals surface area contributed by atoms with Crippen LogP contribution in [-0.2, 0) is 14.3 Å². The van der Waals surface area contributed by atoms with E-state index in [4.69, 9.17) is 4.74 Å². The quantitative estimate of drug-likeness (QED) is 0.732. The van der Waals surface area contributed by atoms with E-state index in [2.05, 4.69) is 5.32 Å². The summed E-state index contributed by atoms with van der Waals surface area (Å²) >= 11 is 0. The molecule has 4 fully saturated rings. The molecule has 2 aromatic carbocycles. The topological polar surface area (TPSA) is 75.6 Å². The van der Waals surface area contributed by atoms with Gasteiger partial charge in [-0.2, -0.15) is 0 Å². The van der Waals surface area contributed by atoms with Crippen molar-refractivity contribution in [1.29, 1.82) is 0 Å². The van der Waals surface area contributed by atoms with Gasteiger partial charge in [0.2, 0.25) is 0 Å². The van der Waals surface area contributed by atoms with Gasteiger partial charge in [-0.15, -0.1) is 0 Å². The van der Waals surface area contributed by atoms with Gasteiger partial charge in [0.1, 0.15) is 0 Å². The Kier molecular flexibility index (Phi) is 4.66. The summed E-state index contributed by atoms with van der Waals surface area (Å²) in [7, 11) is 0. The Bertz CT molecular complexity index is 939. The van der Waals surface area contributed by atoms with Crippen LogP contribution in [0, 0.1) is 17.3 Å². The van der Waals surface area contributed by atoms with E-state index in [0.29, 0.717) is 23.9 Å². The third kappa shape index (κ3) is 3.63. The van der Waals surface area contributed by atoms with Crippen LogP contribution in [0.4, 0.5) is 5.69 Å². The number of rotatable bonds is 5. The molecule has 2 aromatic rings. The Morgan fingerprint density at radius 3 is 2.20 bits per heavy atom. The minimum absolute atomic E-state index is 0.297. The molecular formula is C25H27NO4. The molecule has 0 spiro atoms. The van der Waals surface area contributed by atoms with E-state index >= 15 is 0 Å². The minimum Gasteiger partial charge on any atom is -0.455 e. The molecule has 4 saturated carbocycles. The second-order valence-electron chi connectivity index (χ2n) is 9.53. The minimum atomic E-state index is -0.716. The van der Waals surface area contributed by atoms with Crippen LogP contribution in [0.25, 0.3) is 11.1 Å². The molecule has 6 rings (SSSR count). The number of hydrogen-bond donors (Lipinski definition) is 2. The number of carbonyl (C=O) groups excluding carboxylic acids is 2. The Morgan fingerprint density at radius 1 is 0.933 bits per heavy atom. The zero-order chi connectivity index (χ0) is 20.8. The number of nitrogens with one attached hydrogen (secondary N) is 1. The van der Waals surface area contributed by atoms with Gasteiger partial charge in [0, 0.05) is 5.69 Å². The van der Waals surface area contributed by atoms with Crippen LogP contribution in [0.1, 0.15) is 38.5 Å². The normalized spacial score (nSPS) is 31.4. The van der Waals surface area contributed by atoms with Crippen molar-refractivity contribution >= 4 is 17.6 Å². The van der Waals surface area contributed by atoms with Crippen LogP contribution in [0.2, 0.25) is 0 Å². The average molecular weight is 405 g/mol. The van der Waals surface area contributed by atoms with Crippen molar-refractivity contribution < 1.29 is 19.4 Å². The molecule has 30 heavy (non-hydrogen) atoms. The fourth-order valence-electron chi connectivity index (χ4n) is 6.31. The maximum Gasteiger partial charge on any atom is 0.312 e. The highest BCUT2D eigenvalue weighted by Gasteiger charge is 2.60. The van der Waals surface area contributed by atoms with Crippen LogP contribution in [0.15, 0.2) is 54.6 Å². The first-order valence-electron chi connectivity index (χ1n) is 10.8. The molecule has 0 radical (unpaired) electrons. The predicted octanol–water partition coefficient (Wildman–Crippen LogP) is 4.17. The molecule has 4 bridgehead atoms. The summed E-state index contributed by atoms with van der Waals surface area (Å²) in [6.07, 6.45) is 4.77. The van der Waals surface area contributed by atoms with Gasteiger partial charge < -0.3 is 15.2 Å². The summed E-state index contributed by atoms with van der Waals surface area (Å²) in [5.41, 5.74) is 1.53. The van der Waals surface area contributed by atoms with Gasteiger partial charge in [-0.25, -0.2) is 0 Å². The van der Waals surface area contributed by atoms with Gasteiger partial charge in [-0.1, -0.05) is 42.5 Å². The number of benzene rings is 2.